The number of nitrogens with zero attached hydrogens (tertiary/aromatic N) is 3. The lowest BCUT2D eigenvalue weighted by atomic mass is 10.1. The molecule has 3 rings (SSSR count). The zero-order valence-corrected chi connectivity index (χ0v) is 10.2. The molecule has 0 spiro atoms. The SMILES string of the molecule is NC1CCN(c2ccc(-c3ccccc3)nn2)C1. The molecule has 1 aromatic carbocycles. The average molecular weight is 240 g/mol. The normalized spacial score (nSPS) is 19.2. The Morgan fingerprint density at radius 1 is 1.06 bits per heavy atom. The molecule has 1 atom stereocenters. The summed E-state index contributed by atoms with van der Waals surface area (Å²) in [6, 6.07) is 14.4. The van der Waals surface area contributed by atoms with Crippen molar-refractivity contribution in [2.24, 2.45) is 5.73 Å². The summed E-state index contributed by atoms with van der Waals surface area (Å²) in [4.78, 5) is 2.19. The highest BCUT2D eigenvalue weighted by Crippen LogP contribution is 2.20. The van der Waals surface area contributed by atoms with Crippen LogP contribution in [0.25, 0.3) is 11.3 Å². The maximum absolute atomic E-state index is 5.89. The first-order chi connectivity index (χ1) is 8.83. The largest absolute Gasteiger partial charge is 0.354 e. The fraction of sp³-hybridized carbons (Fsp3) is 0.286. The van der Waals surface area contributed by atoms with Crippen LogP contribution in [0, 0.1) is 0 Å². The van der Waals surface area contributed by atoms with Gasteiger partial charge < -0.3 is 10.6 Å². The average Bonchev–Trinajstić information content (AvgIpc) is 2.87. The Balaban J connectivity index is 1.81. The van der Waals surface area contributed by atoms with Crippen LogP contribution in [0.15, 0.2) is 42.5 Å². The fourth-order valence-corrected chi connectivity index (χ4v) is 2.25. The van der Waals surface area contributed by atoms with E-state index in [4.69, 9.17) is 5.73 Å². The summed E-state index contributed by atoms with van der Waals surface area (Å²) in [6.45, 7) is 1.85. The number of anilines is 1. The summed E-state index contributed by atoms with van der Waals surface area (Å²) in [6.07, 6.45) is 1.03. The number of hydrogen-bond donors (Lipinski definition) is 1. The first-order valence-corrected chi connectivity index (χ1v) is 6.22. The van der Waals surface area contributed by atoms with Crippen molar-refractivity contribution < 1.29 is 0 Å². The van der Waals surface area contributed by atoms with Crippen LogP contribution in [0.1, 0.15) is 6.42 Å². The summed E-state index contributed by atoms with van der Waals surface area (Å²) >= 11 is 0. The highest BCUT2D eigenvalue weighted by Gasteiger charge is 2.20. The van der Waals surface area contributed by atoms with Crippen molar-refractivity contribution in [1.29, 1.82) is 0 Å². The molecule has 2 N–H and O–H groups in total. The van der Waals surface area contributed by atoms with Gasteiger partial charge in [-0.3, -0.25) is 0 Å². The van der Waals surface area contributed by atoms with E-state index in [2.05, 4.69) is 15.1 Å². The van der Waals surface area contributed by atoms with E-state index >= 15 is 0 Å². The van der Waals surface area contributed by atoms with Crippen molar-refractivity contribution in [1.82, 2.24) is 10.2 Å². The van der Waals surface area contributed by atoms with Crippen LogP contribution in [0.4, 0.5) is 5.82 Å². The van der Waals surface area contributed by atoms with Gasteiger partial charge in [0, 0.05) is 24.7 Å². The van der Waals surface area contributed by atoms with Gasteiger partial charge >= 0.3 is 0 Å². The number of nitrogens with two attached hydrogens (primary N) is 1. The van der Waals surface area contributed by atoms with Gasteiger partial charge in [0.1, 0.15) is 0 Å². The maximum Gasteiger partial charge on any atom is 0.151 e. The van der Waals surface area contributed by atoms with Crippen molar-refractivity contribution in [2.45, 2.75) is 12.5 Å². The quantitative estimate of drug-likeness (QED) is 0.867. The Hall–Kier alpha value is -1.94. The van der Waals surface area contributed by atoms with Gasteiger partial charge in [-0.2, -0.15) is 0 Å². The third kappa shape index (κ3) is 2.19. The lowest BCUT2D eigenvalue weighted by molar-refractivity contribution is 0.750. The smallest absolute Gasteiger partial charge is 0.151 e. The highest BCUT2D eigenvalue weighted by molar-refractivity contribution is 5.59. The van der Waals surface area contributed by atoms with E-state index in [9.17, 15) is 0 Å². The molecular formula is C14H16N4. The topological polar surface area (TPSA) is 55.0 Å². The van der Waals surface area contributed by atoms with E-state index < -0.39 is 0 Å². The van der Waals surface area contributed by atoms with Crippen molar-refractivity contribution in [3.05, 3.63) is 42.5 Å². The second-order valence-electron chi connectivity index (χ2n) is 4.64. The molecule has 1 aliphatic rings. The molecular weight excluding hydrogens is 224 g/mol. The van der Waals surface area contributed by atoms with Crippen LogP contribution >= 0.6 is 0 Å². The second-order valence-corrected chi connectivity index (χ2v) is 4.64. The van der Waals surface area contributed by atoms with Crippen molar-refractivity contribution in [3.8, 4) is 11.3 Å². The summed E-state index contributed by atoms with van der Waals surface area (Å²) < 4.78 is 0. The Kier molecular flexibility index (Phi) is 2.94. The van der Waals surface area contributed by atoms with E-state index in [1.165, 1.54) is 0 Å². The van der Waals surface area contributed by atoms with Crippen LogP contribution in [0.2, 0.25) is 0 Å². The molecule has 1 unspecified atom stereocenters. The van der Waals surface area contributed by atoms with Crippen LogP contribution in [-0.2, 0) is 0 Å². The number of benzene rings is 1. The van der Waals surface area contributed by atoms with E-state index in [1.54, 1.807) is 0 Å². The lowest BCUT2D eigenvalue weighted by Gasteiger charge is -2.15. The highest BCUT2D eigenvalue weighted by atomic mass is 15.3. The number of aromatic nitrogens is 2. The Morgan fingerprint density at radius 2 is 1.89 bits per heavy atom. The molecule has 4 nitrogen and oxygen atoms in total. The molecule has 0 bridgehead atoms. The standard InChI is InChI=1S/C14H16N4/c15-12-8-9-18(10-12)14-7-6-13(16-17-14)11-4-2-1-3-5-11/h1-7,12H,8-10,15H2. The first-order valence-electron chi connectivity index (χ1n) is 6.22. The fourth-order valence-electron chi connectivity index (χ4n) is 2.25. The third-order valence-corrected chi connectivity index (χ3v) is 3.27. The van der Waals surface area contributed by atoms with E-state index in [0.29, 0.717) is 0 Å². The minimum atomic E-state index is 0.264. The molecule has 92 valence electrons. The van der Waals surface area contributed by atoms with Gasteiger partial charge in [0.15, 0.2) is 5.82 Å². The molecule has 4 heteroatoms. The Labute approximate surface area is 106 Å². The van der Waals surface area contributed by atoms with Gasteiger partial charge in [0.2, 0.25) is 0 Å². The zero-order valence-electron chi connectivity index (χ0n) is 10.2. The summed E-state index contributed by atoms with van der Waals surface area (Å²) in [5.41, 5.74) is 7.89. The molecule has 0 radical (unpaired) electrons. The monoisotopic (exact) mass is 240 g/mol. The molecule has 1 aromatic heterocycles. The minimum Gasteiger partial charge on any atom is -0.354 e. The van der Waals surface area contributed by atoms with Crippen LogP contribution < -0.4 is 10.6 Å². The summed E-state index contributed by atoms with van der Waals surface area (Å²) in [5, 5.41) is 8.58. The van der Waals surface area contributed by atoms with Gasteiger partial charge in [0.05, 0.1) is 5.69 Å². The third-order valence-electron chi connectivity index (χ3n) is 3.27. The van der Waals surface area contributed by atoms with Gasteiger partial charge in [-0.15, -0.1) is 10.2 Å². The van der Waals surface area contributed by atoms with E-state index in [0.717, 1.165) is 36.6 Å². The molecule has 0 amide bonds. The maximum atomic E-state index is 5.89. The van der Waals surface area contributed by atoms with E-state index in [1.807, 2.05) is 42.5 Å². The Morgan fingerprint density at radius 3 is 2.50 bits per heavy atom. The van der Waals surface area contributed by atoms with Crippen molar-refractivity contribution in [2.75, 3.05) is 18.0 Å². The molecule has 1 aliphatic heterocycles. The van der Waals surface area contributed by atoms with Crippen LogP contribution in [-0.4, -0.2) is 29.3 Å². The lowest BCUT2D eigenvalue weighted by Crippen LogP contribution is -2.27. The minimum absolute atomic E-state index is 0.264. The molecule has 2 heterocycles. The molecule has 0 aliphatic carbocycles. The summed E-state index contributed by atoms with van der Waals surface area (Å²) in [7, 11) is 0. The molecule has 1 saturated heterocycles. The predicted octanol–water partition coefficient (Wildman–Crippen LogP) is 1.68. The van der Waals surface area contributed by atoms with Gasteiger partial charge in [-0.05, 0) is 18.6 Å². The van der Waals surface area contributed by atoms with Gasteiger partial charge in [0.25, 0.3) is 0 Å². The van der Waals surface area contributed by atoms with Gasteiger partial charge in [-0.25, -0.2) is 0 Å². The molecule has 1 fully saturated rings. The first kappa shape index (κ1) is 11.2. The van der Waals surface area contributed by atoms with Crippen LogP contribution in [0.3, 0.4) is 0 Å². The zero-order chi connectivity index (χ0) is 12.4. The Bertz CT molecular complexity index is 509. The molecule has 0 saturated carbocycles. The van der Waals surface area contributed by atoms with E-state index in [-0.39, 0.29) is 6.04 Å². The molecule has 2 aromatic rings. The number of rotatable bonds is 2. The second kappa shape index (κ2) is 4.74. The van der Waals surface area contributed by atoms with Crippen molar-refractivity contribution >= 4 is 5.82 Å². The summed E-state index contributed by atoms with van der Waals surface area (Å²) in [5.74, 6) is 0.919. The number of hydrogen-bond acceptors (Lipinski definition) is 4. The van der Waals surface area contributed by atoms with Crippen molar-refractivity contribution in [3.63, 3.8) is 0 Å². The van der Waals surface area contributed by atoms with Crippen LogP contribution in [0.5, 0.6) is 0 Å². The predicted molar refractivity (Wildman–Crippen MR) is 72.3 cm³/mol. The molecule has 18 heavy (non-hydrogen) atoms. The van der Waals surface area contributed by atoms with Gasteiger partial charge in [-0.1, -0.05) is 30.3 Å².